The number of hydrogen-bond acceptors (Lipinski definition) is 5. The molecule has 1 heterocycles. The molecule has 0 bridgehead atoms. The summed E-state index contributed by atoms with van der Waals surface area (Å²) in [5.74, 6) is 1.81. The first-order valence-electron chi connectivity index (χ1n) is 8.06. The average Bonchev–Trinajstić information content (AvgIpc) is 2.68. The summed E-state index contributed by atoms with van der Waals surface area (Å²) in [6.07, 6.45) is 0. The van der Waals surface area contributed by atoms with Crippen molar-refractivity contribution >= 4 is 23.4 Å². The van der Waals surface area contributed by atoms with Gasteiger partial charge in [-0.15, -0.1) is 10.2 Å². The minimum atomic E-state index is -0.371. The van der Waals surface area contributed by atoms with E-state index in [1.165, 1.54) is 0 Å². The highest BCUT2D eigenvalue weighted by Gasteiger charge is 2.04. The molecule has 0 fully saturated rings. The van der Waals surface area contributed by atoms with E-state index >= 15 is 0 Å². The van der Waals surface area contributed by atoms with Crippen LogP contribution in [0, 0.1) is 0 Å². The molecule has 0 saturated carbocycles. The molecule has 7 nitrogen and oxygen atoms in total. The van der Waals surface area contributed by atoms with Crippen molar-refractivity contribution in [1.82, 2.24) is 10.2 Å². The molecule has 0 spiro atoms. The topological polar surface area (TPSA) is 88.2 Å². The second kappa shape index (κ2) is 8.48. The number of urea groups is 1. The fraction of sp³-hybridized carbons (Fsp3) is 0.105. The van der Waals surface area contributed by atoms with Gasteiger partial charge in [-0.05, 0) is 42.0 Å². The zero-order valence-electron chi connectivity index (χ0n) is 14.3. The number of hydrogen-bond donors (Lipinski definition) is 3. The van der Waals surface area contributed by atoms with Crippen molar-refractivity contribution in [1.29, 1.82) is 0 Å². The Bertz CT molecular complexity index is 836. The molecule has 2 amide bonds. The van der Waals surface area contributed by atoms with E-state index in [0.29, 0.717) is 23.9 Å². The molecule has 0 saturated heterocycles. The predicted molar refractivity (Wildman–Crippen MR) is 101 cm³/mol. The summed E-state index contributed by atoms with van der Waals surface area (Å²) >= 11 is 0. The molecule has 2 aromatic carbocycles. The molecule has 1 aromatic heterocycles. The average molecular weight is 349 g/mol. The maximum absolute atomic E-state index is 11.9. The molecule has 0 aliphatic carbocycles. The molecule has 0 atom stereocenters. The summed E-state index contributed by atoms with van der Waals surface area (Å²) < 4.78 is 5.13. The van der Waals surface area contributed by atoms with E-state index in [4.69, 9.17) is 4.74 Å². The number of para-hydroxylation sites is 1. The van der Waals surface area contributed by atoms with Crippen LogP contribution in [0.2, 0.25) is 0 Å². The van der Waals surface area contributed by atoms with Gasteiger partial charge in [-0.3, -0.25) is 5.32 Å². The van der Waals surface area contributed by atoms with Crippen LogP contribution in [0.15, 0.2) is 66.7 Å². The van der Waals surface area contributed by atoms with Gasteiger partial charge in [0.1, 0.15) is 11.6 Å². The van der Waals surface area contributed by atoms with Crippen LogP contribution in [0.25, 0.3) is 0 Å². The van der Waals surface area contributed by atoms with E-state index < -0.39 is 0 Å². The molecule has 3 N–H and O–H groups in total. The van der Waals surface area contributed by atoms with Gasteiger partial charge in [0.15, 0.2) is 5.82 Å². The van der Waals surface area contributed by atoms with Crippen molar-refractivity contribution in [2.45, 2.75) is 6.54 Å². The van der Waals surface area contributed by atoms with Crippen LogP contribution >= 0.6 is 0 Å². The fourth-order valence-electron chi connectivity index (χ4n) is 2.23. The molecule has 0 unspecified atom stereocenters. The van der Waals surface area contributed by atoms with Gasteiger partial charge in [0.05, 0.1) is 7.11 Å². The van der Waals surface area contributed by atoms with Gasteiger partial charge < -0.3 is 15.4 Å². The van der Waals surface area contributed by atoms with Crippen molar-refractivity contribution in [2.24, 2.45) is 0 Å². The number of rotatable bonds is 6. The van der Waals surface area contributed by atoms with Gasteiger partial charge in [-0.1, -0.05) is 30.3 Å². The second-order valence-electron chi connectivity index (χ2n) is 5.45. The standard InChI is InChI=1S/C19H19N5O2/c1-26-16-9-7-14(8-10-16)13-20-17-11-12-18(24-23-17)22-19(25)21-15-5-3-2-4-6-15/h2-12H,13H2,1H3,(H,20,23)(H2,21,22,24,25). The van der Waals surface area contributed by atoms with E-state index in [2.05, 4.69) is 26.1 Å². The molecule has 0 aliphatic rings. The van der Waals surface area contributed by atoms with Crippen LogP contribution in [-0.2, 0) is 6.54 Å². The molecule has 0 aliphatic heterocycles. The summed E-state index contributed by atoms with van der Waals surface area (Å²) in [6.45, 7) is 0.611. The Morgan fingerprint density at radius 3 is 2.23 bits per heavy atom. The van der Waals surface area contributed by atoms with E-state index in [1.54, 1.807) is 31.4 Å². The highest BCUT2D eigenvalue weighted by Crippen LogP contribution is 2.13. The largest absolute Gasteiger partial charge is 0.497 e. The molecular formula is C19H19N5O2. The Morgan fingerprint density at radius 1 is 0.885 bits per heavy atom. The van der Waals surface area contributed by atoms with Crippen LogP contribution in [0.3, 0.4) is 0 Å². The molecule has 3 aromatic rings. The smallest absolute Gasteiger partial charge is 0.324 e. The number of nitrogens with zero attached hydrogens (tertiary/aromatic N) is 2. The lowest BCUT2D eigenvalue weighted by molar-refractivity contribution is 0.262. The molecule has 7 heteroatoms. The normalized spacial score (nSPS) is 10.0. The minimum Gasteiger partial charge on any atom is -0.497 e. The number of nitrogens with one attached hydrogen (secondary N) is 3. The fourth-order valence-corrected chi connectivity index (χ4v) is 2.23. The maximum Gasteiger partial charge on any atom is 0.324 e. The molecule has 3 rings (SSSR count). The monoisotopic (exact) mass is 349 g/mol. The highest BCUT2D eigenvalue weighted by molar-refractivity contribution is 5.99. The number of methoxy groups -OCH3 is 1. The van der Waals surface area contributed by atoms with E-state index in [0.717, 1.165) is 11.3 Å². The Labute approximate surface area is 151 Å². The Hall–Kier alpha value is -3.61. The van der Waals surface area contributed by atoms with Crippen LogP contribution in [0.1, 0.15) is 5.56 Å². The second-order valence-corrected chi connectivity index (χ2v) is 5.45. The third-order valence-corrected chi connectivity index (χ3v) is 3.57. The maximum atomic E-state index is 11.9. The Kier molecular flexibility index (Phi) is 5.61. The van der Waals surface area contributed by atoms with Gasteiger partial charge >= 0.3 is 6.03 Å². The van der Waals surface area contributed by atoms with Crippen LogP contribution in [-0.4, -0.2) is 23.3 Å². The number of benzene rings is 2. The predicted octanol–water partition coefficient (Wildman–Crippen LogP) is 3.74. The number of carbonyl (C=O) groups excluding carboxylic acids is 1. The third-order valence-electron chi connectivity index (χ3n) is 3.57. The summed E-state index contributed by atoms with van der Waals surface area (Å²) in [4.78, 5) is 11.9. The van der Waals surface area contributed by atoms with Crippen LogP contribution in [0.5, 0.6) is 5.75 Å². The van der Waals surface area contributed by atoms with E-state index in [1.807, 2.05) is 42.5 Å². The van der Waals surface area contributed by atoms with E-state index in [9.17, 15) is 4.79 Å². The van der Waals surface area contributed by atoms with E-state index in [-0.39, 0.29) is 6.03 Å². The molecular weight excluding hydrogens is 330 g/mol. The zero-order chi connectivity index (χ0) is 18.2. The quantitative estimate of drug-likeness (QED) is 0.631. The lowest BCUT2D eigenvalue weighted by Crippen LogP contribution is -2.20. The lowest BCUT2D eigenvalue weighted by atomic mass is 10.2. The van der Waals surface area contributed by atoms with Gasteiger partial charge in [-0.25, -0.2) is 4.79 Å². The highest BCUT2D eigenvalue weighted by atomic mass is 16.5. The van der Waals surface area contributed by atoms with Gasteiger partial charge in [0, 0.05) is 12.2 Å². The van der Waals surface area contributed by atoms with Crippen LogP contribution < -0.4 is 20.7 Å². The van der Waals surface area contributed by atoms with Crippen molar-refractivity contribution < 1.29 is 9.53 Å². The molecule has 26 heavy (non-hydrogen) atoms. The number of aromatic nitrogens is 2. The summed E-state index contributed by atoms with van der Waals surface area (Å²) in [6, 6.07) is 20.0. The van der Waals surface area contributed by atoms with Gasteiger partial charge in [0.2, 0.25) is 0 Å². The number of carbonyl (C=O) groups is 1. The SMILES string of the molecule is COc1ccc(CNc2ccc(NC(=O)Nc3ccccc3)nn2)cc1. The summed E-state index contributed by atoms with van der Waals surface area (Å²) in [5.41, 5.74) is 1.80. The minimum absolute atomic E-state index is 0.369. The zero-order valence-corrected chi connectivity index (χ0v) is 14.3. The van der Waals surface area contributed by atoms with Gasteiger partial charge in [-0.2, -0.15) is 0 Å². The Balaban J connectivity index is 1.50. The lowest BCUT2D eigenvalue weighted by Gasteiger charge is -2.08. The van der Waals surface area contributed by atoms with Crippen molar-refractivity contribution in [2.75, 3.05) is 23.1 Å². The molecule has 132 valence electrons. The Morgan fingerprint density at radius 2 is 1.58 bits per heavy atom. The third kappa shape index (κ3) is 4.94. The summed E-state index contributed by atoms with van der Waals surface area (Å²) in [5, 5.41) is 16.6. The number of amides is 2. The van der Waals surface area contributed by atoms with Gasteiger partial charge in [0.25, 0.3) is 0 Å². The first-order chi connectivity index (χ1) is 12.7. The summed E-state index contributed by atoms with van der Waals surface area (Å²) in [7, 11) is 1.64. The van der Waals surface area contributed by atoms with Crippen LogP contribution in [0.4, 0.5) is 22.1 Å². The first-order valence-corrected chi connectivity index (χ1v) is 8.06. The number of anilines is 3. The van der Waals surface area contributed by atoms with Crippen molar-refractivity contribution in [3.8, 4) is 5.75 Å². The van der Waals surface area contributed by atoms with Crippen molar-refractivity contribution in [3.63, 3.8) is 0 Å². The number of ether oxygens (including phenoxy) is 1. The molecule has 0 radical (unpaired) electrons. The van der Waals surface area contributed by atoms with Crippen molar-refractivity contribution in [3.05, 3.63) is 72.3 Å². The first kappa shape index (κ1) is 17.2.